The van der Waals surface area contributed by atoms with Crippen molar-refractivity contribution in [3.63, 3.8) is 0 Å². The third-order valence-electron chi connectivity index (χ3n) is 3.30. The van der Waals surface area contributed by atoms with Crippen LogP contribution in [0.1, 0.15) is 23.6 Å². The Kier molecular flexibility index (Phi) is 5.50. The molecule has 0 aliphatic rings. The van der Waals surface area contributed by atoms with Crippen LogP contribution in [0.25, 0.3) is 0 Å². The van der Waals surface area contributed by atoms with E-state index < -0.39 is 18.0 Å². The minimum Gasteiger partial charge on any atom is -0.452 e. The summed E-state index contributed by atoms with van der Waals surface area (Å²) in [4.78, 5) is 24.0. The molecule has 0 spiro atoms. The van der Waals surface area contributed by atoms with Gasteiger partial charge in [-0.2, -0.15) is 5.26 Å². The highest BCUT2D eigenvalue weighted by Gasteiger charge is 2.20. The van der Waals surface area contributed by atoms with E-state index in [1.807, 2.05) is 37.3 Å². The van der Waals surface area contributed by atoms with E-state index in [1.54, 1.807) is 11.4 Å². The number of hydrogen-bond donors (Lipinski definition) is 1. The topological polar surface area (TPSA) is 79.2 Å². The maximum absolute atomic E-state index is 12.0. The van der Waals surface area contributed by atoms with Gasteiger partial charge < -0.3 is 10.1 Å². The predicted octanol–water partition coefficient (Wildman–Crippen LogP) is 3.04. The van der Waals surface area contributed by atoms with Crippen molar-refractivity contribution in [2.24, 2.45) is 0 Å². The van der Waals surface area contributed by atoms with Gasteiger partial charge in [0.2, 0.25) is 0 Å². The fourth-order valence-electron chi connectivity index (χ4n) is 1.96. The van der Waals surface area contributed by atoms with Gasteiger partial charge in [0.1, 0.15) is 11.1 Å². The van der Waals surface area contributed by atoms with Gasteiger partial charge in [-0.05, 0) is 36.4 Å². The summed E-state index contributed by atoms with van der Waals surface area (Å²) in [5.74, 6) is -0.921. The van der Waals surface area contributed by atoms with E-state index >= 15 is 0 Å². The van der Waals surface area contributed by atoms with Crippen molar-refractivity contribution >= 4 is 28.2 Å². The minimum atomic E-state index is -0.930. The van der Waals surface area contributed by atoms with Crippen LogP contribution in [0.3, 0.4) is 0 Å². The Bertz CT molecular complexity index is 761. The molecule has 1 aromatic heterocycles. The Balaban J connectivity index is 1.92. The molecule has 6 heteroatoms. The molecule has 0 saturated heterocycles. The summed E-state index contributed by atoms with van der Waals surface area (Å²) in [6.07, 6.45) is -0.813. The summed E-state index contributed by atoms with van der Waals surface area (Å²) in [5, 5.41) is 13.7. The maximum Gasteiger partial charge on any atom is 0.311 e. The van der Waals surface area contributed by atoms with Gasteiger partial charge in [0, 0.05) is 0 Å². The van der Waals surface area contributed by atoms with E-state index in [1.165, 1.54) is 18.3 Å². The van der Waals surface area contributed by atoms with Crippen LogP contribution in [0.5, 0.6) is 0 Å². The number of carbonyl (C=O) groups is 2. The molecule has 0 bridgehead atoms. The standard InChI is InChI=1S/C17H16N2O3S/c1-11-5-3-4-6-13(11)9-15(20)22-12(2)16(21)19-17-14(10-18)7-8-23-17/h3-8,12H,9H2,1-2H3,(H,19,21)/t12-/m0/s1. The van der Waals surface area contributed by atoms with Gasteiger partial charge in [-0.3, -0.25) is 9.59 Å². The summed E-state index contributed by atoms with van der Waals surface area (Å²) in [6, 6.07) is 11.1. The predicted molar refractivity (Wildman–Crippen MR) is 88.1 cm³/mol. The molecule has 1 atom stereocenters. The lowest BCUT2D eigenvalue weighted by Gasteiger charge is -2.13. The van der Waals surface area contributed by atoms with Crippen LogP contribution in [0.2, 0.25) is 0 Å². The molecule has 2 rings (SSSR count). The van der Waals surface area contributed by atoms with E-state index in [4.69, 9.17) is 10.00 Å². The van der Waals surface area contributed by atoms with Gasteiger partial charge in [-0.15, -0.1) is 11.3 Å². The largest absolute Gasteiger partial charge is 0.452 e. The Morgan fingerprint density at radius 1 is 1.35 bits per heavy atom. The fraction of sp³-hybridized carbons (Fsp3) is 0.235. The number of aryl methyl sites for hydroxylation is 1. The van der Waals surface area contributed by atoms with Crippen molar-refractivity contribution in [3.05, 3.63) is 52.4 Å². The van der Waals surface area contributed by atoms with Gasteiger partial charge in [0.15, 0.2) is 6.10 Å². The van der Waals surface area contributed by atoms with Crippen LogP contribution in [-0.4, -0.2) is 18.0 Å². The number of nitrogens with zero attached hydrogens (tertiary/aromatic N) is 1. The molecule has 1 amide bonds. The summed E-state index contributed by atoms with van der Waals surface area (Å²) in [5.41, 5.74) is 2.26. The first-order chi connectivity index (χ1) is 11.0. The van der Waals surface area contributed by atoms with Crippen LogP contribution in [0, 0.1) is 18.3 Å². The van der Waals surface area contributed by atoms with Crippen molar-refractivity contribution in [3.8, 4) is 6.07 Å². The lowest BCUT2D eigenvalue weighted by atomic mass is 10.1. The number of nitrogens with one attached hydrogen (secondary N) is 1. The van der Waals surface area contributed by atoms with Gasteiger partial charge in [-0.1, -0.05) is 24.3 Å². The first-order valence-electron chi connectivity index (χ1n) is 7.03. The molecule has 0 aliphatic heterocycles. The molecule has 0 unspecified atom stereocenters. The number of amides is 1. The number of rotatable bonds is 5. The Morgan fingerprint density at radius 3 is 2.78 bits per heavy atom. The Hall–Kier alpha value is -2.65. The Morgan fingerprint density at radius 2 is 2.09 bits per heavy atom. The second-order valence-corrected chi connectivity index (χ2v) is 5.92. The summed E-state index contributed by atoms with van der Waals surface area (Å²) >= 11 is 1.25. The molecule has 0 saturated carbocycles. The molecule has 0 aliphatic carbocycles. The second-order valence-electron chi connectivity index (χ2n) is 5.00. The van der Waals surface area contributed by atoms with Gasteiger partial charge in [0.05, 0.1) is 12.0 Å². The molecule has 23 heavy (non-hydrogen) atoms. The molecule has 0 fully saturated rings. The molecule has 1 N–H and O–H groups in total. The molecular weight excluding hydrogens is 312 g/mol. The lowest BCUT2D eigenvalue weighted by Crippen LogP contribution is -2.30. The summed E-state index contributed by atoms with van der Waals surface area (Å²) in [7, 11) is 0. The molecule has 5 nitrogen and oxygen atoms in total. The number of ether oxygens (including phenoxy) is 1. The number of nitriles is 1. The van der Waals surface area contributed by atoms with Crippen LogP contribution in [0.15, 0.2) is 35.7 Å². The summed E-state index contributed by atoms with van der Waals surface area (Å²) < 4.78 is 5.16. The third-order valence-corrected chi connectivity index (χ3v) is 4.13. The highest BCUT2D eigenvalue weighted by Crippen LogP contribution is 2.22. The molecule has 118 valence electrons. The lowest BCUT2D eigenvalue weighted by molar-refractivity contribution is -0.152. The molecule has 1 aromatic carbocycles. The van der Waals surface area contributed by atoms with Crippen molar-refractivity contribution in [1.82, 2.24) is 0 Å². The zero-order chi connectivity index (χ0) is 16.8. The highest BCUT2D eigenvalue weighted by atomic mass is 32.1. The number of carbonyl (C=O) groups excluding carboxylic acids is 2. The van der Waals surface area contributed by atoms with Gasteiger partial charge in [0.25, 0.3) is 5.91 Å². The maximum atomic E-state index is 12.0. The van der Waals surface area contributed by atoms with E-state index in [0.29, 0.717) is 10.6 Å². The number of thiophene rings is 1. The number of hydrogen-bond acceptors (Lipinski definition) is 5. The Labute approximate surface area is 138 Å². The fourth-order valence-corrected chi connectivity index (χ4v) is 2.70. The van der Waals surface area contributed by atoms with E-state index in [0.717, 1.165) is 11.1 Å². The number of esters is 1. The minimum absolute atomic E-state index is 0.118. The quantitative estimate of drug-likeness (QED) is 0.856. The molecular formula is C17H16N2O3S. The number of anilines is 1. The number of benzene rings is 1. The average Bonchev–Trinajstić information content (AvgIpc) is 2.96. The molecule has 1 heterocycles. The SMILES string of the molecule is Cc1ccccc1CC(=O)O[C@@H](C)C(=O)Nc1sccc1C#N. The smallest absolute Gasteiger partial charge is 0.311 e. The van der Waals surface area contributed by atoms with E-state index in [9.17, 15) is 9.59 Å². The monoisotopic (exact) mass is 328 g/mol. The van der Waals surface area contributed by atoms with E-state index in [-0.39, 0.29) is 6.42 Å². The van der Waals surface area contributed by atoms with Crippen LogP contribution >= 0.6 is 11.3 Å². The highest BCUT2D eigenvalue weighted by molar-refractivity contribution is 7.14. The van der Waals surface area contributed by atoms with Gasteiger partial charge in [-0.25, -0.2) is 0 Å². The van der Waals surface area contributed by atoms with Crippen LogP contribution in [-0.2, 0) is 20.7 Å². The second kappa shape index (κ2) is 7.56. The zero-order valence-electron chi connectivity index (χ0n) is 12.8. The summed E-state index contributed by atoms with van der Waals surface area (Å²) in [6.45, 7) is 3.42. The van der Waals surface area contributed by atoms with E-state index in [2.05, 4.69) is 5.32 Å². The first kappa shape index (κ1) is 16.7. The van der Waals surface area contributed by atoms with Crippen molar-refractivity contribution in [2.45, 2.75) is 26.4 Å². The zero-order valence-corrected chi connectivity index (χ0v) is 13.6. The normalized spacial score (nSPS) is 11.3. The van der Waals surface area contributed by atoms with Crippen molar-refractivity contribution in [1.29, 1.82) is 5.26 Å². The average molecular weight is 328 g/mol. The van der Waals surface area contributed by atoms with Gasteiger partial charge >= 0.3 is 5.97 Å². The first-order valence-corrected chi connectivity index (χ1v) is 7.91. The molecule has 0 radical (unpaired) electrons. The van der Waals surface area contributed by atoms with Crippen molar-refractivity contribution in [2.75, 3.05) is 5.32 Å². The van der Waals surface area contributed by atoms with Crippen LogP contribution < -0.4 is 5.32 Å². The third kappa shape index (κ3) is 4.41. The molecule has 2 aromatic rings. The van der Waals surface area contributed by atoms with Crippen molar-refractivity contribution < 1.29 is 14.3 Å². The van der Waals surface area contributed by atoms with Crippen LogP contribution in [0.4, 0.5) is 5.00 Å².